The number of amides is 2. The molecule has 174 valence electrons. The third kappa shape index (κ3) is 3.65. The minimum atomic E-state index is -1.06. The van der Waals surface area contributed by atoms with Crippen molar-refractivity contribution in [3.8, 4) is 0 Å². The molecule has 3 atom stereocenters. The van der Waals surface area contributed by atoms with E-state index in [4.69, 9.17) is 4.42 Å². The lowest BCUT2D eigenvalue weighted by atomic mass is 9.92. The van der Waals surface area contributed by atoms with Gasteiger partial charge in [-0.2, -0.15) is 0 Å². The van der Waals surface area contributed by atoms with Gasteiger partial charge in [0.1, 0.15) is 11.2 Å². The van der Waals surface area contributed by atoms with E-state index in [9.17, 15) is 9.59 Å². The maximum Gasteiger partial charge on any atom is 0.276 e. The van der Waals surface area contributed by atoms with E-state index in [0.29, 0.717) is 23.7 Å². The molecule has 0 saturated heterocycles. The summed E-state index contributed by atoms with van der Waals surface area (Å²) < 4.78 is 7.51. The number of anilines is 1. The van der Waals surface area contributed by atoms with Gasteiger partial charge in [-0.05, 0) is 69.2 Å². The number of carbonyl (C=O) groups excluding carboxylic acids is 2. The van der Waals surface area contributed by atoms with Crippen LogP contribution in [-0.2, 0) is 11.3 Å². The van der Waals surface area contributed by atoms with Crippen molar-refractivity contribution in [1.29, 1.82) is 0 Å². The van der Waals surface area contributed by atoms with E-state index in [0.717, 1.165) is 48.0 Å². The molecule has 1 saturated carbocycles. The average molecular weight is 448 g/mol. The Hall–Kier alpha value is -3.02. The van der Waals surface area contributed by atoms with Crippen LogP contribution in [0.4, 0.5) is 5.69 Å². The van der Waals surface area contributed by atoms with E-state index < -0.39 is 5.54 Å². The lowest BCUT2D eigenvalue weighted by molar-refractivity contribution is -0.127. The number of furan rings is 1. The Bertz CT molecular complexity index is 1220. The summed E-state index contributed by atoms with van der Waals surface area (Å²) in [6.07, 6.45) is 7.06. The highest BCUT2D eigenvalue weighted by atomic mass is 16.3. The van der Waals surface area contributed by atoms with E-state index in [1.165, 1.54) is 6.42 Å². The third-order valence-electron chi connectivity index (χ3n) is 7.74. The van der Waals surface area contributed by atoms with Gasteiger partial charge in [-0.25, -0.2) is 0 Å². The molecule has 2 aliphatic rings. The van der Waals surface area contributed by atoms with E-state index in [1.54, 1.807) is 17.2 Å². The zero-order valence-corrected chi connectivity index (χ0v) is 20.0. The van der Waals surface area contributed by atoms with E-state index in [1.807, 2.05) is 42.7 Å². The van der Waals surface area contributed by atoms with Crippen molar-refractivity contribution in [2.24, 2.45) is 5.92 Å². The smallest absolute Gasteiger partial charge is 0.276 e. The fourth-order valence-corrected chi connectivity index (χ4v) is 5.45. The highest BCUT2D eigenvalue weighted by Crippen LogP contribution is 2.37. The second-order valence-corrected chi connectivity index (χ2v) is 10.3. The van der Waals surface area contributed by atoms with E-state index in [2.05, 4.69) is 19.2 Å². The Labute approximate surface area is 194 Å². The highest BCUT2D eigenvalue weighted by Gasteiger charge is 2.49. The maximum absolute atomic E-state index is 13.9. The standard InChI is InChI=1S/C27H33N3O3/c1-17-6-5-7-20(10-8-17)28-26(32)27(4)16-29-22-12-13-33-24(22)15-23(29)25(31)30(27)21-11-9-18(2)19(3)14-21/h9,11-15,17,20H,5-8,10,16H2,1-4H3,(H,28,32). The first-order valence-electron chi connectivity index (χ1n) is 12.1. The first-order chi connectivity index (χ1) is 15.8. The largest absolute Gasteiger partial charge is 0.463 e. The minimum absolute atomic E-state index is 0.0929. The van der Waals surface area contributed by atoms with Crippen LogP contribution in [0.5, 0.6) is 0 Å². The number of aromatic nitrogens is 1. The number of nitrogens with zero attached hydrogens (tertiary/aromatic N) is 2. The Balaban J connectivity index is 1.56. The fourth-order valence-electron chi connectivity index (χ4n) is 5.45. The number of aryl methyl sites for hydroxylation is 2. The fraction of sp³-hybridized carbons (Fsp3) is 0.481. The molecule has 0 radical (unpaired) electrons. The summed E-state index contributed by atoms with van der Waals surface area (Å²) in [5.74, 6) is 0.426. The molecule has 6 nitrogen and oxygen atoms in total. The number of carbonyl (C=O) groups is 2. The number of hydrogen-bond donors (Lipinski definition) is 1. The second kappa shape index (κ2) is 8.08. The third-order valence-corrected chi connectivity index (χ3v) is 7.74. The van der Waals surface area contributed by atoms with Crippen molar-refractivity contribution >= 4 is 28.6 Å². The summed E-state index contributed by atoms with van der Waals surface area (Å²) in [7, 11) is 0. The molecule has 33 heavy (non-hydrogen) atoms. The Kier molecular flexibility index (Phi) is 5.34. The SMILES string of the molecule is Cc1ccc(N2C(=O)c3cc4occc4n3CC2(C)C(=O)NC2CCCC(C)CC2)cc1C. The summed E-state index contributed by atoms with van der Waals surface area (Å²) in [4.78, 5) is 29.5. The Morgan fingerprint density at radius 2 is 1.91 bits per heavy atom. The Morgan fingerprint density at radius 3 is 2.70 bits per heavy atom. The van der Waals surface area contributed by atoms with Crippen molar-refractivity contribution in [2.45, 2.75) is 77.9 Å². The van der Waals surface area contributed by atoms with Gasteiger partial charge >= 0.3 is 0 Å². The molecule has 1 fully saturated rings. The molecule has 0 spiro atoms. The molecule has 6 heteroatoms. The maximum atomic E-state index is 13.9. The first-order valence-corrected chi connectivity index (χ1v) is 12.1. The van der Waals surface area contributed by atoms with Crippen LogP contribution in [0, 0.1) is 19.8 Å². The molecule has 5 rings (SSSR count). The van der Waals surface area contributed by atoms with Gasteiger partial charge in [0.05, 0.1) is 18.3 Å². The zero-order valence-electron chi connectivity index (χ0n) is 20.0. The van der Waals surface area contributed by atoms with Gasteiger partial charge in [0.2, 0.25) is 5.91 Å². The van der Waals surface area contributed by atoms with Crippen LogP contribution in [0.1, 0.15) is 67.6 Å². The molecule has 3 aromatic rings. The van der Waals surface area contributed by atoms with Gasteiger partial charge in [-0.1, -0.05) is 25.8 Å². The summed E-state index contributed by atoms with van der Waals surface area (Å²) in [6.45, 7) is 8.64. The minimum Gasteiger partial charge on any atom is -0.463 e. The normalized spacial score (nSPS) is 25.7. The predicted octanol–water partition coefficient (Wildman–Crippen LogP) is 5.36. The monoisotopic (exact) mass is 447 g/mol. The van der Waals surface area contributed by atoms with Gasteiger partial charge in [0.15, 0.2) is 5.58 Å². The summed E-state index contributed by atoms with van der Waals surface area (Å²) >= 11 is 0. The van der Waals surface area contributed by atoms with Crippen molar-refractivity contribution in [1.82, 2.24) is 9.88 Å². The highest BCUT2D eigenvalue weighted by molar-refractivity contribution is 6.13. The molecule has 1 aliphatic carbocycles. The van der Waals surface area contributed by atoms with Crippen LogP contribution < -0.4 is 10.2 Å². The summed E-state index contributed by atoms with van der Waals surface area (Å²) in [5, 5.41) is 3.33. The molecule has 3 heterocycles. The van der Waals surface area contributed by atoms with Gasteiger partial charge in [-0.3, -0.25) is 14.5 Å². The van der Waals surface area contributed by atoms with Crippen LogP contribution in [0.3, 0.4) is 0 Å². The number of hydrogen-bond acceptors (Lipinski definition) is 3. The van der Waals surface area contributed by atoms with E-state index in [-0.39, 0.29) is 17.9 Å². The molecule has 3 unspecified atom stereocenters. The molecule has 2 amide bonds. The molecule has 1 N–H and O–H groups in total. The second-order valence-electron chi connectivity index (χ2n) is 10.3. The molecule has 0 bridgehead atoms. The van der Waals surface area contributed by atoms with Crippen LogP contribution in [0.25, 0.3) is 11.1 Å². The number of benzene rings is 1. The molecular weight excluding hydrogens is 414 g/mol. The number of rotatable bonds is 3. The van der Waals surface area contributed by atoms with Gasteiger partial charge in [0.25, 0.3) is 5.91 Å². The zero-order chi connectivity index (χ0) is 23.3. The van der Waals surface area contributed by atoms with Crippen LogP contribution >= 0.6 is 0 Å². The van der Waals surface area contributed by atoms with E-state index >= 15 is 0 Å². The van der Waals surface area contributed by atoms with Crippen LogP contribution in [-0.4, -0.2) is 28.0 Å². The molecule has 1 aromatic carbocycles. The van der Waals surface area contributed by atoms with Gasteiger partial charge in [0, 0.05) is 23.9 Å². The van der Waals surface area contributed by atoms with Gasteiger partial charge < -0.3 is 14.3 Å². The predicted molar refractivity (Wildman–Crippen MR) is 130 cm³/mol. The molecule has 1 aliphatic heterocycles. The van der Waals surface area contributed by atoms with Crippen LogP contribution in [0.15, 0.2) is 41.0 Å². The number of nitrogens with one attached hydrogen (secondary N) is 1. The lowest BCUT2D eigenvalue weighted by Gasteiger charge is -2.44. The topological polar surface area (TPSA) is 67.5 Å². The first kappa shape index (κ1) is 21.8. The van der Waals surface area contributed by atoms with Gasteiger partial charge in [-0.15, -0.1) is 0 Å². The number of fused-ring (bicyclic) bond motifs is 3. The molecule has 2 aromatic heterocycles. The summed E-state index contributed by atoms with van der Waals surface area (Å²) in [5.41, 5.74) is 4.00. The lowest BCUT2D eigenvalue weighted by Crippen LogP contribution is -2.65. The summed E-state index contributed by atoms with van der Waals surface area (Å²) in [6, 6.07) is 9.77. The van der Waals surface area contributed by atoms with Crippen LogP contribution in [0.2, 0.25) is 0 Å². The quantitative estimate of drug-likeness (QED) is 0.550. The Morgan fingerprint density at radius 1 is 1.09 bits per heavy atom. The van der Waals surface area contributed by atoms with Crippen molar-refractivity contribution in [3.63, 3.8) is 0 Å². The van der Waals surface area contributed by atoms with Crippen molar-refractivity contribution < 1.29 is 14.0 Å². The molecular formula is C27H33N3O3. The van der Waals surface area contributed by atoms with Crippen molar-refractivity contribution in [3.05, 3.63) is 53.4 Å². The average Bonchev–Trinajstić information content (AvgIpc) is 3.30. The van der Waals surface area contributed by atoms with Crippen molar-refractivity contribution in [2.75, 3.05) is 4.90 Å².